The van der Waals surface area contributed by atoms with Gasteiger partial charge in [0.15, 0.2) is 5.96 Å². The van der Waals surface area contributed by atoms with Crippen molar-refractivity contribution in [3.8, 4) is 0 Å². The first kappa shape index (κ1) is 17.4. The number of nitrogens with zero attached hydrogens (tertiary/aromatic N) is 4. The minimum absolute atomic E-state index is 0.245. The Kier molecular flexibility index (Phi) is 5.25. The van der Waals surface area contributed by atoms with Gasteiger partial charge in [-0.15, -0.1) is 0 Å². The van der Waals surface area contributed by atoms with Gasteiger partial charge >= 0.3 is 6.18 Å². The molecular weight excluding hydrogens is 293 g/mol. The van der Waals surface area contributed by atoms with Gasteiger partial charge in [-0.05, 0) is 38.8 Å². The average molecular weight is 320 g/mol. The summed E-state index contributed by atoms with van der Waals surface area (Å²) in [6, 6.07) is 0.707. The molecule has 0 N–H and O–H groups in total. The first-order valence-electron chi connectivity index (χ1n) is 7.91. The molecule has 1 saturated heterocycles. The van der Waals surface area contributed by atoms with Gasteiger partial charge in [-0.25, -0.2) is 4.99 Å². The highest BCUT2D eigenvalue weighted by Crippen LogP contribution is 2.37. The molecule has 0 amide bonds. The summed E-state index contributed by atoms with van der Waals surface area (Å²) in [7, 11) is 7.88. The van der Waals surface area contributed by atoms with Gasteiger partial charge in [0, 0.05) is 34.2 Å². The first-order chi connectivity index (χ1) is 10.2. The van der Waals surface area contributed by atoms with E-state index in [2.05, 4.69) is 4.90 Å². The Hall–Kier alpha value is -0.980. The number of hydrogen-bond acceptors (Lipinski definition) is 2. The molecule has 0 unspecified atom stereocenters. The number of alkyl halides is 3. The van der Waals surface area contributed by atoms with Crippen LogP contribution >= 0.6 is 0 Å². The maximum atomic E-state index is 12.7. The monoisotopic (exact) mass is 320 g/mol. The normalized spacial score (nSPS) is 27.2. The van der Waals surface area contributed by atoms with Crippen LogP contribution in [0, 0.1) is 5.92 Å². The summed E-state index contributed by atoms with van der Waals surface area (Å²) in [5.41, 5.74) is 0. The number of guanidine groups is 1. The Morgan fingerprint density at radius 2 is 1.50 bits per heavy atom. The maximum absolute atomic E-state index is 12.7. The van der Waals surface area contributed by atoms with E-state index in [1.54, 1.807) is 0 Å². The Morgan fingerprint density at radius 1 is 1.00 bits per heavy atom. The van der Waals surface area contributed by atoms with E-state index in [1.807, 2.05) is 38.0 Å². The quantitative estimate of drug-likeness (QED) is 0.576. The fourth-order valence-corrected chi connectivity index (χ4v) is 3.35. The zero-order valence-electron chi connectivity index (χ0n) is 13.9. The second-order valence-corrected chi connectivity index (χ2v) is 6.85. The molecule has 22 heavy (non-hydrogen) atoms. The second-order valence-electron chi connectivity index (χ2n) is 6.85. The lowest BCUT2D eigenvalue weighted by Gasteiger charge is -2.45. The van der Waals surface area contributed by atoms with Crippen LogP contribution in [0.3, 0.4) is 0 Å². The molecule has 1 heterocycles. The predicted molar refractivity (Wildman–Crippen MR) is 82.0 cm³/mol. The summed E-state index contributed by atoms with van der Waals surface area (Å²) >= 11 is 0. The summed E-state index contributed by atoms with van der Waals surface area (Å²) in [6.45, 7) is 1.14. The minimum atomic E-state index is -4.02. The summed E-state index contributed by atoms with van der Waals surface area (Å²) in [4.78, 5) is 10.9. The highest BCUT2D eigenvalue weighted by atomic mass is 19.4. The van der Waals surface area contributed by atoms with Crippen molar-refractivity contribution in [3.63, 3.8) is 0 Å². The third kappa shape index (κ3) is 4.06. The fraction of sp³-hybridized carbons (Fsp3) is 0.933. The molecule has 7 heteroatoms. The molecule has 1 saturated carbocycles. The number of halogens is 3. The molecule has 4 nitrogen and oxygen atoms in total. The molecule has 128 valence electrons. The summed E-state index contributed by atoms with van der Waals surface area (Å²) in [5, 5.41) is 0. The molecule has 2 fully saturated rings. The van der Waals surface area contributed by atoms with E-state index in [9.17, 15) is 13.2 Å². The largest absolute Gasteiger partial charge is 0.391 e. The lowest BCUT2D eigenvalue weighted by Crippen LogP contribution is -2.51. The van der Waals surface area contributed by atoms with E-state index in [4.69, 9.17) is 4.99 Å². The third-order valence-corrected chi connectivity index (χ3v) is 4.70. The van der Waals surface area contributed by atoms with Gasteiger partial charge in [-0.3, -0.25) is 0 Å². The van der Waals surface area contributed by atoms with E-state index < -0.39 is 12.1 Å². The molecule has 0 spiro atoms. The number of hydrogen-bond donors (Lipinski definition) is 0. The first-order valence-corrected chi connectivity index (χ1v) is 7.91. The lowest BCUT2D eigenvalue weighted by molar-refractivity contribution is -0.187. The van der Waals surface area contributed by atoms with Gasteiger partial charge in [0.25, 0.3) is 0 Å². The van der Waals surface area contributed by atoms with Gasteiger partial charge < -0.3 is 14.7 Å². The lowest BCUT2D eigenvalue weighted by atomic mass is 9.83. The van der Waals surface area contributed by atoms with Crippen molar-refractivity contribution in [1.29, 1.82) is 0 Å². The van der Waals surface area contributed by atoms with E-state index in [-0.39, 0.29) is 12.8 Å². The number of piperidine rings is 1. The van der Waals surface area contributed by atoms with Crippen LogP contribution in [0.1, 0.15) is 25.7 Å². The molecule has 0 bridgehead atoms. The van der Waals surface area contributed by atoms with Crippen LogP contribution in [0.2, 0.25) is 0 Å². The number of rotatable bonds is 2. The standard InChI is InChI=1S/C15H27F3N4/c1-20(2)14(21(3)4)19-12-9-13(10-12)22-7-5-11(6-8-22)15(16,17)18/h11-13H,5-10H2,1-4H3. The molecule has 2 rings (SSSR count). The SMILES string of the molecule is CN(C)C(=NC1CC(N2CCC(C(F)(F)F)CC2)C1)N(C)C. The van der Waals surface area contributed by atoms with E-state index in [0.717, 1.165) is 18.8 Å². The average Bonchev–Trinajstić information content (AvgIpc) is 2.35. The second kappa shape index (κ2) is 6.64. The van der Waals surface area contributed by atoms with Crippen LogP contribution in [0.5, 0.6) is 0 Å². The Balaban J connectivity index is 1.79. The molecule has 0 aromatic heterocycles. The van der Waals surface area contributed by atoms with Crippen LogP contribution in [-0.2, 0) is 0 Å². The molecule has 0 aromatic carbocycles. The van der Waals surface area contributed by atoms with Crippen molar-refractivity contribution in [3.05, 3.63) is 0 Å². The Bertz CT molecular complexity index is 382. The molecule has 0 radical (unpaired) electrons. The smallest absolute Gasteiger partial charge is 0.349 e. The van der Waals surface area contributed by atoms with Crippen molar-refractivity contribution >= 4 is 5.96 Å². The highest BCUT2D eigenvalue weighted by Gasteiger charge is 2.43. The van der Waals surface area contributed by atoms with Crippen LogP contribution in [0.25, 0.3) is 0 Å². The van der Waals surface area contributed by atoms with Crippen LogP contribution < -0.4 is 0 Å². The predicted octanol–water partition coefficient (Wildman–Crippen LogP) is 2.27. The zero-order chi connectivity index (χ0) is 16.5. The van der Waals surface area contributed by atoms with Crippen molar-refractivity contribution in [1.82, 2.24) is 14.7 Å². The molecule has 1 aliphatic carbocycles. The van der Waals surface area contributed by atoms with E-state index in [0.29, 0.717) is 25.2 Å². The van der Waals surface area contributed by atoms with Gasteiger partial charge in [-0.1, -0.05) is 0 Å². The molecular formula is C15H27F3N4. The molecule has 0 aromatic rings. The molecule has 1 aliphatic heterocycles. The van der Waals surface area contributed by atoms with Crippen molar-refractivity contribution in [2.45, 2.75) is 43.9 Å². The van der Waals surface area contributed by atoms with Crippen molar-refractivity contribution in [2.75, 3.05) is 41.3 Å². The highest BCUT2D eigenvalue weighted by molar-refractivity contribution is 5.79. The Morgan fingerprint density at radius 3 is 1.91 bits per heavy atom. The Labute approximate surface area is 131 Å². The fourth-order valence-electron chi connectivity index (χ4n) is 3.35. The van der Waals surface area contributed by atoms with E-state index >= 15 is 0 Å². The third-order valence-electron chi connectivity index (χ3n) is 4.70. The van der Waals surface area contributed by atoms with Crippen LogP contribution in [-0.4, -0.2) is 80.2 Å². The number of likely N-dealkylation sites (tertiary alicyclic amines) is 1. The van der Waals surface area contributed by atoms with E-state index in [1.165, 1.54) is 0 Å². The summed E-state index contributed by atoms with van der Waals surface area (Å²) in [5.74, 6) is -0.161. The van der Waals surface area contributed by atoms with Gasteiger partial charge in [0.1, 0.15) is 0 Å². The van der Waals surface area contributed by atoms with Crippen molar-refractivity contribution < 1.29 is 13.2 Å². The maximum Gasteiger partial charge on any atom is 0.391 e. The summed E-state index contributed by atoms with van der Waals surface area (Å²) < 4.78 is 38.0. The number of aliphatic imine (C=N–C) groups is 1. The zero-order valence-corrected chi connectivity index (χ0v) is 13.9. The van der Waals surface area contributed by atoms with Crippen LogP contribution in [0.4, 0.5) is 13.2 Å². The van der Waals surface area contributed by atoms with Gasteiger partial charge in [-0.2, -0.15) is 13.2 Å². The molecule has 0 atom stereocenters. The minimum Gasteiger partial charge on any atom is -0.349 e. The van der Waals surface area contributed by atoms with Gasteiger partial charge in [0.05, 0.1) is 12.0 Å². The van der Waals surface area contributed by atoms with Gasteiger partial charge in [0.2, 0.25) is 0 Å². The van der Waals surface area contributed by atoms with Crippen LogP contribution in [0.15, 0.2) is 4.99 Å². The molecule has 2 aliphatic rings. The van der Waals surface area contributed by atoms with Crippen molar-refractivity contribution in [2.24, 2.45) is 10.9 Å². The topological polar surface area (TPSA) is 22.1 Å². The summed E-state index contributed by atoms with van der Waals surface area (Å²) in [6.07, 6.45) is -1.61.